The molecule has 0 spiro atoms. The Labute approximate surface area is 267 Å². The van der Waals surface area contributed by atoms with E-state index in [0.717, 1.165) is 50.0 Å². The van der Waals surface area contributed by atoms with Gasteiger partial charge in [0, 0.05) is 41.4 Å². The average molecular weight is 638 g/mol. The number of rotatable bonds is 6. The molecule has 1 aliphatic heterocycles. The predicted molar refractivity (Wildman–Crippen MR) is 179 cm³/mol. The maximum Gasteiger partial charge on any atom is 0.322 e. The van der Waals surface area contributed by atoms with E-state index < -0.39 is 0 Å². The number of carbonyl (C=O) groups is 1. The van der Waals surface area contributed by atoms with Gasteiger partial charge in [-0.3, -0.25) is 9.72 Å². The molecule has 226 valence electrons. The first-order valence-corrected chi connectivity index (χ1v) is 16.5. The Morgan fingerprint density at radius 1 is 0.978 bits per heavy atom. The molecule has 10 heteroatoms. The summed E-state index contributed by atoms with van der Waals surface area (Å²) in [6.07, 6.45) is 5.48. The molecule has 5 heterocycles. The summed E-state index contributed by atoms with van der Waals surface area (Å²) in [6, 6.07) is 17.7. The number of aryl methyl sites for hydroxylation is 1. The molecule has 0 fully saturated rings. The highest BCUT2D eigenvalue weighted by Crippen LogP contribution is 2.37. The summed E-state index contributed by atoms with van der Waals surface area (Å²) in [5, 5.41) is 8.33. The van der Waals surface area contributed by atoms with Gasteiger partial charge in [0.2, 0.25) is 0 Å². The van der Waals surface area contributed by atoms with Gasteiger partial charge in [0.25, 0.3) is 0 Å². The number of fused-ring (bicyclic) bond motifs is 1. The standard InChI is InChI=1S/C35H29F2N5OS2/c1-3-28-33(27-12-11-26(21(2)32(27)37)34-39-29(20-45-34)23-6-9-25(36)10-7-23)42-19-24(8-13-30(42)38-28)22-14-16-41(17-15-22)35(43)40-31-5-4-18-44-31/h4-14,18-20H,3,15-17H2,1-2H3,(H,40,43). The van der Waals surface area contributed by atoms with Crippen LogP contribution in [0.4, 0.5) is 18.6 Å². The minimum atomic E-state index is -0.308. The molecule has 0 bridgehead atoms. The van der Waals surface area contributed by atoms with Crippen LogP contribution in [0.2, 0.25) is 0 Å². The largest absolute Gasteiger partial charge is 0.322 e. The molecular weight excluding hydrogens is 609 g/mol. The predicted octanol–water partition coefficient (Wildman–Crippen LogP) is 9.32. The van der Waals surface area contributed by atoms with E-state index >= 15 is 4.39 Å². The number of nitrogens with one attached hydrogen (secondary N) is 1. The molecule has 4 aromatic heterocycles. The molecule has 45 heavy (non-hydrogen) atoms. The van der Waals surface area contributed by atoms with Gasteiger partial charge in [-0.25, -0.2) is 23.5 Å². The smallest absolute Gasteiger partial charge is 0.320 e. The number of thiophene rings is 1. The van der Waals surface area contributed by atoms with Crippen LogP contribution in [-0.2, 0) is 6.42 Å². The van der Waals surface area contributed by atoms with E-state index in [9.17, 15) is 9.18 Å². The Balaban J connectivity index is 1.19. The number of imidazole rings is 1. The van der Waals surface area contributed by atoms with E-state index in [1.54, 1.807) is 24.0 Å². The summed E-state index contributed by atoms with van der Waals surface area (Å²) in [5.41, 5.74) is 7.73. The van der Waals surface area contributed by atoms with Crippen LogP contribution in [0.3, 0.4) is 0 Å². The number of anilines is 1. The first kappa shape index (κ1) is 29.1. The van der Waals surface area contributed by atoms with Crippen molar-refractivity contribution in [2.45, 2.75) is 26.7 Å². The van der Waals surface area contributed by atoms with Gasteiger partial charge in [0.05, 0.1) is 22.1 Å². The topological polar surface area (TPSA) is 62.5 Å². The van der Waals surface area contributed by atoms with Crippen LogP contribution >= 0.6 is 22.7 Å². The number of pyridine rings is 1. The zero-order chi connectivity index (χ0) is 31.1. The first-order chi connectivity index (χ1) is 21.9. The summed E-state index contributed by atoms with van der Waals surface area (Å²) in [4.78, 5) is 24.1. The zero-order valence-corrected chi connectivity index (χ0v) is 26.3. The Morgan fingerprint density at radius 2 is 1.78 bits per heavy atom. The van der Waals surface area contributed by atoms with Gasteiger partial charge in [0.15, 0.2) is 0 Å². The molecule has 0 saturated carbocycles. The number of thiazole rings is 1. The van der Waals surface area contributed by atoms with Crippen molar-refractivity contribution in [3.8, 4) is 33.1 Å². The number of amides is 2. The monoisotopic (exact) mass is 637 g/mol. The summed E-state index contributed by atoms with van der Waals surface area (Å²) < 4.78 is 31.7. The SMILES string of the molecule is CCc1nc2ccc(C3=CCN(C(=O)Nc4cccs4)CC3)cn2c1-c1ccc(-c2nc(-c3ccc(F)cc3)cs2)c(C)c1F. The molecule has 1 aliphatic rings. The van der Waals surface area contributed by atoms with E-state index in [4.69, 9.17) is 9.97 Å². The molecule has 0 aliphatic carbocycles. The van der Waals surface area contributed by atoms with Gasteiger partial charge in [-0.1, -0.05) is 19.1 Å². The summed E-state index contributed by atoms with van der Waals surface area (Å²) >= 11 is 2.93. The lowest BCUT2D eigenvalue weighted by atomic mass is 9.99. The number of hydrogen-bond donors (Lipinski definition) is 1. The number of carbonyl (C=O) groups excluding carboxylic acids is 1. The fourth-order valence-electron chi connectivity index (χ4n) is 5.72. The summed E-state index contributed by atoms with van der Waals surface area (Å²) in [7, 11) is 0. The molecule has 2 aromatic carbocycles. The molecule has 1 N–H and O–H groups in total. The van der Waals surface area contributed by atoms with Crippen molar-refractivity contribution < 1.29 is 13.6 Å². The Bertz CT molecular complexity index is 2060. The molecule has 0 atom stereocenters. The van der Waals surface area contributed by atoms with Gasteiger partial charge in [0.1, 0.15) is 22.3 Å². The van der Waals surface area contributed by atoms with Crippen molar-refractivity contribution in [3.05, 3.63) is 112 Å². The maximum absolute atomic E-state index is 16.3. The van der Waals surface area contributed by atoms with E-state index in [0.29, 0.717) is 42.1 Å². The Morgan fingerprint density at radius 3 is 2.51 bits per heavy atom. The number of nitrogens with zero attached hydrogens (tertiary/aromatic N) is 4. The summed E-state index contributed by atoms with van der Waals surface area (Å²) in [6.45, 7) is 4.92. The fourth-order valence-corrected chi connectivity index (χ4v) is 7.23. The van der Waals surface area contributed by atoms with Crippen LogP contribution in [0.25, 0.3) is 44.3 Å². The van der Waals surface area contributed by atoms with E-state index in [-0.39, 0.29) is 17.7 Å². The lowest BCUT2D eigenvalue weighted by Crippen LogP contribution is -2.37. The lowest BCUT2D eigenvalue weighted by molar-refractivity contribution is 0.217. The number of benzene rings is 2. The molecule has 6 aromatic rings. The number of halogens is 2. The highest BCUT2D eigenvalue weighted by atomic mass is 32.1. The van der Waals surface area contributed by atoms with Crippen molar-refractivity contribution >= 4 is 44.9 Å². The normalized spacial score (nSPS) is 13.3. The second kappa shape index (κ2) is 12.0. The van der Waals surface area contributed by atoms with E-state index in [2.05, 4.69) is 11.4 Å². The molecule has 0 saturated heterocycles. The second-order valence-electron chi connectivity index (χ2n) is 10.9. The minimum absolute atomic E-state index is 0.105. The van der Waals surface area contributed by atoms with Gasteiger partial charge in [-0.2, -0.15) is 0 Å². The fraction of sp³-hybridized carbons (Fsp3) is 0.171. The summed E-state index contributed by atoms with van der Waals surface area (Å²) in [5.74, 6) is -0.609. The van der Waals surface area contributed by atoms with Crippen molar-refractivity contribution in [2.75, 3.05) is 18.4 Å². The van der Waals surface area contributed by atoms with Gasteiger partial charge >= 0.3 is 6.03 Å². The molecule has 0 unspecified atom stereocenters. The van der Waals surface area contributed by atoms with Gasteiger partial charge in [-0.05, 0) is 96.4 Å². The van der Waals surface area contributed by atoms with Crippen LogP contribution in [0.1, 0.15) is 30.2 Å². The maximum atomic E-state index is 16.3. The Kier molecular flexibility index (Phi) is 7.76. The Hall–Kier alpha value is -4.67. The first-order valence-electron chi connectivity index (χ1n) is 14.7. The molecule has 0 radical (unpaired) electrons. The number of hydrogen-bond acceptors (Lipinski definition) is 5. The second-order valence-corrected chi connectivity index (χ2v) is 12.7. The van der Waals surface area contributed by atoms with Gasteiger partial charge in [-0.15, -0.1) is 22.7 Å². The van der Waals surface area contributed by atoms with Crippen molar-refractivity contribution in [3.63, 3.8) is 0 Å². The third-order valence-corrected chi connectivity index (χ3v) is 9.82. The average Bonchev–Trinajstić information content (AvgIpc) is 3.83. The van der Waals surface area contributed by atoms with E-state index in [1.165, 1.54) is 34.8 Å². The third kappa shape index (κ3) is 5.55. The van der Waals surface area contributed by atoms with Crippen molar-refractivity contribution in [1.29, 1.82) is 0 Å². The highest BCUT2D eigenvalue weighted by Gasteiger charge is 2.23. The zero-order valence-electron chi connectivity index (χ0n) is 24.7. The van der Waals surface area contributed by atoms with Crippen molar-refractivity contribution in [2.24, 2.45) is 0 Å². The quantitative estimate of drug-likeness (QED) is 0.198. The van der Waals surface area contributed by atoms with Crippen LogP contribution in [-0.4, -0.2) is 38.4 Å². The van der Waals surface area contributed by atoms with Crippen LogP contribution < -0.4 is 5.32 Å². The molecule has 2 amide bonds. The van der Waals surface area contributed by atoms with Crippen LogP contribution in [0, 0.1) is 18.6 Å². The molecular formula is C35H29F2N5OS2. The van der Waals surface area contributed by atoms with Gasteiger partial charge < -0.3 is 4.90 Å². The third-order valence-electron chi connectivity index (χ3n) is 8.16. The number of urea groups is 1. The highest BCUT2D eigenvalue weighted by molar-refractivity contribution is 7.14. The van der Waals surface area contributed by atoms with Crippen LogP contribution in [0.5, 0.6) is 0 Å². The minimum Gasteiger partial charge on any atom is -0.320 e. The molecule has 6 nitrogen and oxygen atoms in total. The molecule has 7 rings (SSSR count). The lowest BCUT2D eigenvalue weighted by Gasteiger charge is -2.26. The van der Waals surface area contributed by atoms with E-state index in [1.807, 2.05) is 64.7 Å². The number of aromatic nitrogens is 3. The van der Waals surface area contributed by atoms with Crippen LogP contribution in [0.15, 0.2) is 83.7 Å². The van der Waals surface area contributed by atoms with Crippen molar-refractivity contribution in [1.82, 2.24) is 19.3 Å².